The van der Waals surface area contributed by atoms with Crippen molar-refractivity contribution >= 4 is 5.91 Å². The highest BCUT2D eigenvalue weighted by Crippen LogP contribution is 2.32. The van der Waals surface area contributed by atoms with Gasteiger partial charge in [0, 0.05) is 12.7 Å². The molecule has 128 valence electrons. The van der Waals surface area contributed by atoms with Gasteiger partial charge in [-0.15, -0.1) is 0 Å². The lowest BCUT2D eigenvalue weighted by molar-refractivity contribution is -0.138. The second kappa shape index (κ2) is 6.56. The largest absolute Gasteiger partial charge is 0.416 e. The monoisotopic (exact) mass is 341 g/mol. The van der Waals surface area contributed by atoms with Crippen LogP contribution in [0.1, 0.15) is 23.6 Å². The number of halogens is 4. The van der Waals surface area contributed by atoms with Crippen LogP contribution in [0.5, 0.6) is 0 Å². The lowest BCUT2D eigenvalue weighted by Gasteiger charge is -2.29. The number of amides is 1. The molecule has 4 nitrogen and oxygen atoms in total. The summed E-state index contributed by atoms with van der Waals surface area (Å²) in [4.78, 5) is 15.5. The summed E-state index contributed by atoms with van der Waals surface area (Å²) >= 11 is 0. The number of benzene rings is 1. The van der Waals surface area contributed by atoms with Gasteiger partial charge in [-0.1, -0.05) is 12.1 Å². The van der Waals surface area contributed by atoms with Crippen LogP contribution in [0.15, 0.2) is 42.7 Å². The molecule has 8 heteroatoms. The number of hydrogen-bond acceptors (Lipinski definition) is 3. The maximum atomic E-state index is 13.1. The number of carbonyl (C=O) groups excluding carboxylic acids is 1. The zero-order valence-corrected chi connectivity index (χ0v) is 12.7. The highest BCUT2D eigenvalue weighted by atomic mass is 19.4. The number of hydrogen-bond donors (Lipinski definition) is 2. The van der Waals surface area contributed by atoms with E-state index in [0.717, 1.165) is 18.3 Å². The summed E-state index contributed by atoms with van der Waals surface area (Å²) < 4.78 is 51.7. The lowest BCUT2D eigenvalue weighted by Crippen LogP contribution is -2.50. The van der Waals surface area contributed by atoms with Crippen LogP contribution in [0.3, 0.4) is 0 Å². The van der Waals surface area contributed by atoms with Crippen molar-refractivity contribution in [2.75, 3.05) is 0 Å². The molecule has 1 amide bonds. The number of nitrogens with two attached hydrogens (primary N) is 1. The van der Waals surface area contributed by atoms with Crippen molar-refractivity contribution in [2.24, 2.45) is 5.73 Å². The fourth-order valence-corrected chi connectivity index (χ4v) is 2.17. The van der Waals surface area contributed by atoms with E-state index in [2.05, 4.69) is 10.3 Å². The average Bonchev–Trinajstić information content (AvgIpc) is 2.52. The van der Waals surface area contributed by atoms with Gasteiger partial charge in [0.15, 0.2) is 0 Å². The first-order valence-corrected chi connectivity index (χ1v) is 6.95. The van der Waals surface area contributed by atoms with Crippen molar-refractivity contribution in [3.8, 4) is 0 Å². The highest BCUT2D eigenvalue weighted by molar-refractivity contribution is 5.85. The Morgan fingerprint density at radius 1 is 1.21 bits per heavy atom. The number of alkyl halides is 3. The molecule has 0 saturated carbocycles. The van der Waals surface area contributed by atoms with Gasteiger partial charge in [-0.2, -0.15) is 13.2 Å². The van der Waals surface area contributed by atoms with Gasteiger partial charge in [0.1, 0.15) is 11.4 Å². The Balaban J connectivity index is 2.32. The van der Waals surface area contributed by atoms with E-state index in [0.29, 0.717) is 5.56 Å². The molecule has 2 aromatic rings. The van der Waals surface area contributed by atoms with Crippen molar-refractivity contribution in [3.05, 3.63) is 65.2 Å². The minimum absolute atomic E-state index is 0.000442. The number of pyridine rings is 1. The zero-order valence-electron chi connectivity index (χ0n) is 12.7. The smallest absolute Gasteiger partial charge is 0.368 e. The Kier molecular flexibility index (Phi) is 4.88. The lowest BCUT2D eigenvalue weighted by atomic mass is 9.89. The molecule has 0 spiro atoms. The second-order valence-electron chi connectivity index (χ2n) is 5.43. The molecule has 1 aromatic carbocycles. The third kappa shape index (κ3) is 3.88. The van der Waals surface area contributed by atoms with E-state index < -0.39 is 29.0 Å². The quantitative estimate of drug-likeness (QED) is 0.822. The molecule has 0 aliphatic heterocycles. The van der Waals surface area contributed by atoms with Crippen LogP contribution < -0.4 is 11.1 Å². The van der Waals surface area contributed by atoms with Crippen LogP contribution >= 0.6 is 0 Å². The zero-order chi connectivity index (χ0) is 18.0. The number of primary amides is 1. The normalized spacial score (nSPS) is 14.2. The predicted molar refractivity (Wildman–Crippen MR) is 79.0 cm³/mol. The van der Waals surface area contributed by atoms with Crippen molar-refractivity contribution in [3.63, 3.8) is 0 Å². The second-order valence-corrected chi connectivity index (χ2v) is 5.43. The molecule has 1 atom stereocenters. The maximum absolute atomic E-state index is 13.1. The van der Waals surface area contributed by atoms with E-state index in [1.54, 1.807) is 0 Å². The third-order valence-corrected chi connectivity index (χ3v) is 3.67. The summed E-state index contributed by atoms with van der Waals surface area (Å²) in [5, 5.41) is 2.79. The highest BCUT2D eigenvalue weighted by Gasteiger charge is 2.36. The minimum Gasteiger partial charge on any atom is -0.368 e. The maximum Gasteiger partial charge on any atom is 0.416 e. The summed E-state index contributed by atoms with van der Waals surface area (Å²) in [6.07, 6.45) is -2.14. The summed E-state index contributed by atoms with van der Waals surface area (Å²) in [5.41, 5.74) is 3.42. The van der Waals surface area contributed by atoms with E-state index in [1.165, 1.54) is 31.3 Å². The summed E-state index contributed by atoms with van der Waals surface area (Å²) in [6.45, 7) is 1.37. The van der Waals surface area contributed by atoms with E-state index >= 15 is 0 Å². The Bertz CT molecular complexity index is 748. The summed E-state index contributed by atoms with van der Waals surface area (Å²) in [6, 6.07) is 5.54. The third-order valence-electron chi connectivity index (χ3n) is 3.67. The van der Waals surface area contributed by atoms with Crippen molar-refractivity contribution in [1.29, 1.82) is 0 Å². The predicted octanol–water partition coefficient (Wildman–Crippen LogP) is 2.73. The van der Waals surface area contributed by atoms with Crippen LogP contribution in [-0.4, -0.2) is 10.9 Å². The molecular weight excluding hydrogens is 326 g/mol. The molecule has 0 aliphatic carbocycles. The van der Waals surface area contributed by atoms with Crippen molar-refractivity contribution in [1.82, 2.24) is 10.3 Å². The Hall–Kier alpha value is -2.48. The number of carbonyl (C=O) groups is 1. The fourth-order valence-electron chi connectivity index (χ4n) is 2.17. The van der Waals surface area contributed by atoms with Gasteiger partial charge in [0.2, 0.25) is 5.91 Å². The minimum atomic E-state index is -4.54. The topological polar surface area (TPSA) is 68.0 Å². The molecule has 0 bridgehead atoms. The van der Waals surface area contributed by atoms with E-state index in [4.69, 9.17) is 5.73 Å². The molecule has 3 N–H and O–H groups in total. The molecular formula is C16H15F4N3O. The first kappa shape index (κ1) is 17.9. The number of nitrogens with one attached hydrogen (secondary N) is 1. The molecule has 0 fully saturated rings. The molecule has 1 heterocycles. The van der Waals surface area contributed by atoms with Crippen LogP contribution in [0.4, 0.5) is 17.6 Å². The molecule has 1 aromatic heterocycles. The molecule has 0 aliphatic rings. The van der Waals surface area contributed by atoms with Crippen LogP contribution in [-0.2, 0) is 23.1 Å². The van der Waals surface area contributed by atoms with Gasteiger partial charge >= 0.3 is 6.18 Å². The Morgan fingerprint density at radius 2 is 1.88 bits per heavy atom. The van der Waals surface area contributed by atoms with Gasteiger partial charge in [0.05, 0.1) is 11.8 Å². The Morgan fingerprint density at radius 3 is 2.46 bits per heavy atom. The molecule has 2 rings (SSSR count). The van der Waals surface area contributed by atoms with Gasteiger partial charge in [-0.3, -0.25) is 15.1 Å². The van der Waals surface area contributed by atoms with Crippen LogP contribution in [0.25, 0.3) is 0 Å². The summed E-state index contributed by atoms with van der Waals surface area (Å²) in [5.74, 6) is -1.42. The van der Waals surface area contributed by atoms with Crippen LogP contribution in [0, 0.1) is 5.82 Å². The SMILES string of the molecule is C[C@@](NCc1cncc(F)c1)(C(N)=O)c1cccc(C(F)(F)F)c1. The van der Waals surface area contributed by atoms with Crippen molar-refractivity contribution < 1.29 is 22.4 Å². The van der Waals surface area contributed by atoms with Gasteiger partial charge in [-0.05, 0) is 36.2 Å². The van der Waals surface area contributed by atoms with E-state index in [9.17, 15) is 22.4 Å². The van der Waals surface area contributed by atoms with Crippen molar-refractivity contribution in [2.45, 2.75) is 25.2 Å². The Labute approximate surface area is 135 Å². The van der Waals surface area contributed by atoms with E-state index in [-0.39, 0.29) is 12.1 Å². The van der Waals surface area contributed by atoms with Gasteiger partial charge < -0.3 is 5.73 Å². The van der Waals surface area contributed by atoms with Crippen LogP contribution in [0.2, 0.25) is 0 Å². The fraction of sp³-hybridized carbons (Fsp3) is 0.250. The molecule has 0 radical (unpaired) electrons. The summed E-state index contributed by atoms with van der Waals surface area (Å²) in [7, 11) is 0. The number of aromatic nitrogens is 1. The number of nitrogens with zero attached hydrogens (tertiary/aromatic N) is 1. The average molecular weight is 341 g/mol. The number of rotatable bonds is 5. The first-order valence-electron chi connectivity index (χ1n) is 6.95. The first-order chi connectivity index (χ1) is 11.1. The van der Waals surface area contributed by atoms with Gasteiger partial charge in [0.25, 0.3) is 0 Å². The molecule has 0 unspecified atom stereocenters. The van der Waals surface area contributed by atoms with E-state index in [1.807, 2.05) is 0 Å². The molecule has 0 saturated heterocycles. The molecule has 24 heavy (non-hydrogen) atoms. The standard InChI is InChI=1S/C16H15F4N3O/c1-15(14(21)24,23-8-10-5-13(17)9-22-7-10)11-3-2-4-12(6-11)16(18,19)20/h2-7,9,23H,8H2,1H3,(H2,21,24)/t15-/m0/s1. The van der Waals surface area contributed by atoms with Gasteiger partial charge in [-0.25, -0.2) is 4.39 Å².